The SMILES string of the molecule is C=C1/C=C/c2c(C)noc2CN(C)CC(C)Oc2c(cnn2C)-c2ccc(C)c1c2. The maximum absolute atomic E-state index is 6.34. The standard InChI is InChI=1S/C24H28N4O2/c1-15-7-9-19-11-21(15)16(2)8-10-20-18(4)26-30-23(20)14-27(5)13-17(3)29-24-22(19)12-25-28(24)6/h7-12,17H,2,13-14H2,1,3-6H3/b10-8+. The first-order chi connectivity index (χ1) is 14.3. The Morgan fingerprint density at radius 1 is 1.13 bits per heavy atom. The largest absolute Gasteiger partial charge is 0.473 e. The molecule has 30 heavy (non-hydrogen) atoms. The molecule has 3 aromatic rings. The lowest BCUT2D eigenvalue weighted by Crippen LogP contribution is -2.31. The molecule has 1 unspecified atom stereocenters. The van der Waals surface area contributed by atoms with Gasteiger partial charge in [-0.2, -0.15) is 5.10 Å². The van der Waals surface area contributed by atoms with E-state index in [-0.39, 0.29) is 6.10 Å². The predicted octanol–water partition coefficient (Wildman–Crippen LogP) is 4.63. The number of ether oxygens (including phenoxy) is 1. The molecule has 0 spiro atoms. The van der Waals surface area contributed by atoms with Crippen molar-refractivity contribution in [2.45, 2.75) is 33.4 Å². The van der Waals surface area contributed by atoms with Gasteiger partial charge in [0.2, 0.25) is 5.88 Å². The van der Waals surface area contributed by atoms with Crippen molar-refractivity contribution in [3.8, 4) is 17.0 Å². The van der Waals surface area contributed by atoms with Gasteiger partial charge in [0.25, 0.3) is 0 Å². The Balaban J connectivity index is 1.84. The topological polar surface area (TPSA) is 56.3 Å². The molecule has 0 saturated heterocycles. The zero-order chi connectivity index (χ0) is 21.4. The smallest absolute Gasteiger partial charge is 0.219 e. The Morgan fingerprint density at radius 2 is 1.93 bits per heavy atom. The minimum absolute atomic E-state index is 0.0304. The number of benzene rings is 1. The van der Waals surface area contributed by atoms with Crippen LogP contribution in [0.1, 0.15) is 35.1 Å². The maximum Gasteiger partial charge on any atom is 0.219 e. The van der Waals surface area contributed by atoms with Gasteiger partial charge in [0, 0.05) is 19.2 Å². The van der Waals surface area contributed by atoms with E-state index in [1.165, 1.54) is 5.56 Å². The van der Waals surface area contributed by atoms with Gasteiger partial charge in [-0.1, -0.05) is 29.9 Å². The van der Waals surface area contributed by atoms with Crippen LogP contribution in [-0.4, -0.2) is 39.5 Å². The zero-order valence-electron chi connectivity index (χ0n) is 18.3. The summed E-state index contributed by atoms with van der Waals surface area (Å²) in [6, 6.07) is 6.38. The third kappa shape index (κ3) is 3.83. The second kappa shape index (κ2) is 7.95. The fourth-order valence-electron chi connectivity index (χ4n) is 3.90. The molecule has 0 saturated carbocycles. The summed E-state index contributed by atoms with van der Waals surface area (Å²) >= 11 is 0. The van der Waals surface area contributed by atoms with Crippen molar-refractivity contribution in [2.75, 3.05) is 13.6 Å². The molecule has 1 aliphatic rings. The molecular formula is C24H28N4O2. The quantitative estimate of drug-likeness (QED) is 0.547. The molecule has 0 amide bonds. The maximum atomic E-state index is 6.34. The van der Waals surface area contributed by atoms with Gasteiger partial charge in [-0.15, -0.1) is 0 Å². The molecule has 1 aliphatic heterocycles. The van der Waals surface area contributed by atoms with Gasteiger partial charge in [-0.3, -0.25) is 4.90 Å². The summed E-state index contributed by atoms with van der Waals surface area (Å²) in [7, 11) is 3.96. The van der Waals surface area contributed by atoms with Crippen LogP contribution in [0.3, 0.4) is 0 Å². The lowest BCUT2D eigenvalue weighted by atomic mass is 9.96. The van der Waals surface area contributed by atoms with Crippen LogP contribution in [-0.2, 0) is 13.6 Å². The van der Waals surface area contributed by atoms with E-state index in [1.807, 2.05) is 26.2 Å². The highest BCUT2D eigenvalue weighted by atomic mass is 16.5. The van der Waals surface area contributed by atoms with Crippen molar-refractivity contribution < 1.29 is 9.26 Å². The normalized spacial score (nSPS) is 18.7. The first-order valence-corrected chi connectivity index (χ1v) is 10.1. The fraction of sp³-hybridized carbons (Fsp3) is 0.333. The van der Waals surface area contributed by atoms with E-state index >= 15 is 0 Å². The van der Waals surface area contributed by atoms with Crippen molar-refractivity contribution >= 4 is 11.6 Å². The van der Waals surface area contributed by atoms with Crippen LogP contribution in [0.25, 0.3) is 22.8 Å². The summed E-state index contributed by atoms with van der Waals surface area (Å²) in [5.74, 6) is 1.60. The number of hydrogen-bond acceptors (Lipinski definition) is 5. The van der Waals surface area contributed by atoms with E-state index < -0.39 is 0 Å². The number of fused-ring (bicyclic) bond motifs is 5. The summed E-state index contributed by atoms with van der Waals surface area (Å²) < 4.78 is 13.7. The molecule has 0 radical (unpaired) electrons. The monoisotopic (exact) mass is 404 g/mol. The van der Waals surface area contributed by atoms with Gasteiger partial charge in [0.05, 0.1) is 24.0 Å². The lowest BCUT2D eigenvalue weighted by Gasteiger charge is -2.22. The molecule has 0 aliphatic carbocycles. The average Bonchev–Trinajstić information content (AvgIpc) is 3.22. The fourth-order valence-corrected chi connectivity index (χ4v) is 3.90. The Hall–Kier alpha value is -3.12. The van der Waals surface area contributed by atoms with Crippen molar-refractivity contribution in [3.63, 3.8) is 0 Å². The van der Waals surface area contributed by atoms with E-state index in [0.717, 1.165) is 51.7 Å². The van der Waals surface area contributed by atoms with Gasteiger partial charge in [0.15, 0.2) is 5.76 Å². The van der Waals surface area contributed by atoms with Crippen LogP contribution in [0.2, 0.25) is 0 Å². The van der Waals surface area contributed by atoms with Crippen molar-refractivity contribution in [1.29, 1.82) is 0 Å². The average molecular weight is 405 g/mol. The summed E-state index contributed by atoms with van der Waals surface area (Å²) in [5.41, 5.74) is 7.11. The van der Waals surface area contributed by atoms with E-state index in [4.69, 9.17) is 9.26 Å². The number of aryl methyl sites for hydroxylation is 3. The highest BCUT2D eigenvalue weighted by Crippen LogP contribution is 2.33. The summed E-state index contributed by atoms with van der Waals surface area (Å²) in [6.45, 7) is 11.8. The van der Waals surface area contributed by atoms with Crippen LogP contribution in [0.4, 0.5) is 0 Å². The number of aromatic nitrogens is 3. The Kier molecular flexibility index (Phi) is 5.35. The molecule has 4 rings (SSSR count). The Bertz CT molecular complexity index is 1120. The Morgan fingerprint density at radius 3 is 2.73 bits per heavy atom. The van der Waals surface area contributed by atoms with E-state index in [2.05, 4.69) is 66.9 Å². The molecule has 6 heteroatoms. The summed E-state index contributed by atoms with van der Waals surface area (Å²) in [6.07, 6.45) is 5.93. The zero-order valence-corrected chi connectivity index (χ0v) is 18.3. The van der Waals surface area contributed by atoms with E-state index in [9.17, 15) is 0 Å². The minimum Gasteiger partial charge on any atom is -0.473 e. The van der Waals surface area contributed by atoms with Crippen molar-refractivity contribution in [2.24, 2.45) is 7.05 Å². The van der Waals surface area contributed by atoms with Gasteiger partial charge in [0.1, 0.15) is 6.10 Å². The van der Waals surface area contributed by atoms with Crippen LogP contribution >= 0.6 is 0 Å². The van der Waals surface area contributed by atoms with Gasteiger partial charge >= 0.3 is 0 Å². The van der Waals surface area contributed by atoms with Crippen LogP contribution < -0.4 is 4.74 Å². The number of likely N-dealkylation sites (N-methyl/N-ethyl adjacent to an activating group) is 1. The number of rotatable bonds is 0. The minimum atomic E-state index is -0.0304. The molecule has 0 fully saturated rings. The number of allylic oxidation sites excluding steroid dienone is 2. The third-order valence-electron chi connectivity index (χ3n) is 5.51. The summed E-state index contributed by atoms with van der Waals surface area (Å²) in [4.78, 5) is 2.18. The molecule has 0 N–H and O–H groups in total. The molecule has 1 atom stereocenters. The third-order valence-corrected chi connectivity index (χ3v) is 5.51. The molecule has 2 aromatic heterocycles. The molecule has 3 heterocycles. The molecule has 156 valence electrons. The van der Waals surface area contributed by atoms with Crippen LogP contribution in [0.15, 0.2) is 41.6 Å². The molecule has 6 nitrogen and oxygen atoms in total. The van der Waals surface area contributed by atoms with Crippen LogP contribution in [0, 0.1) is 13.8 Å². The summed E-state index contributed by atoms with van der Waals surface area (Å²) in [5, 5.41) is 8.61. The Labute approximate surface area is 177 Å². The van der Waals surface area contributed by atoms with Gasteiger partial charge < -0.3 is 9.26 Å². The van der Waals surface area contributed by atoms with Crippen molar-refractivity contribution in [1.82, 2.24) is 19.8 Å². The lowest BCUT2D eigenvalue weighted by molar-refractivity contribution is 0.142. The number of nitrogens with zero attached hydrogens (tertiary/aromatic N) is 4. The highest BCUT2D eigenvalue weighted by molar-refractivity contribution is 5.82. The molecule has 1 aromatic carbocycles. The highest BCUT2D eigenvalue weighted by Gasteiger charge is 2.20. The first kappa shape index (κ1) is 20.2. The molecule has 2 bridgehead atoms. The molecular weight excluding hydrogens is 376 g/mol. The van der Waals surface area contributed by atoms with E-state index in [1.54, 1.807) is 4.68 Å². The number of hydrogen-bond donors (Lipinski definition) is 0. The van der Waals surface area contributed by atoms with Gasteiger partial charge in [-0.25, -0.2) is 4.68 Å². The first-order valence-electron chi connectivity index (χ1n) is 10.1. The van der Waals surface area contributed by atoms with Crippen LogP contribution in [0.5, 0.6) is 5.88 Å². The predicted molar refractivity (Wildman–Crippen MR) is 119 cm³/mol. The van der Waals surface area contributed by atoms with Gasteiger partial charge in [-0.05, 0) is 62.2 Å². The second-order valence-electron chi connectivity index (χ2n) is 8.11. The van der Waals surface area contributed by atoms with Crippen molar-refractivity contribution in [3.05, 3.63) is 65.2 Å². The van der Waals surface area contributed by atoms with E-state index in [0.29, 0.717) is 6.54 Å². The second-order valence-corrected chi connectivity index (χ2v) is 8.11.